The van der Waals surface area contributed by atoms with Crippen LogP contribution in [0.25, 0.3) is 21.3 Å². The second kappa shape index (κ2) is 10.1. The topological polar surface area (TPSA) is 73.2 Å². The summed E-state index contributed by atoms with van der Waals surface area (Å²) in [6.07, 6.45) is 2.14. The Morgan fingerprint density at radius 2 is 1.81 bits per heavy atom. The molecule has 0 fully saturated rings. The summed E-state index contributed by atoms with van der Waals surface area (Å²) in [5, 5.41) is 5.34. The molecule has 0 saturated heterocycles. The normalized spacial score (nSPS) is 11.0. The second-order valence-corrected chi connectivity index (χ2v) is 7.97. The van der Waals surface area contributed by atoms with Crippen molar-refractivity contribution in [1.29, 1.82) is 0 Å². The molecule has 0 radical (unpaired) electrons. The summed E-state index contributed by atoms with van der Waals surface area (Å²) in [5.41, 5.74) is 2.73. The number of nitrogens with zero attached hydrogens (tertiary/aromatic N) is 2. The molecule has 0 aliphatic carbocycles. The Morgan fingerprint density at radius 3 is 2.58 bits per heavy atom. The van der Waals surface area contributed by atoms with Crippen LogP contribution in [0, 0.1) is 0 Å². The van der Waals surface area contributed by atoms with Crippen LogP contribution in [0.15, 0.2) is 77.2 Å². The molecule has 0 saturated carbocycles. The number of rotatable bonds is 9. The standard InChI is InChI=1S/C24H23N3O3S/c28-21(25-12-7-13-30-15-18-8-3-1-4-9-18)14-27-17-26-23-22(24(27)29)20(16-31-23)19-10-5-2-6-11-19/h1-6,8-11,16-17H,7,12-15H2,(H,25,28). The van der Waals surface area contributed by atoms with Gasteiger partial charge in [-0.3, -0.25) is 14.2 Å². The van der Waals surface area contributed by atoms with Gasteiger partial charge in [-0.2, -0.15) is 0 Å². The maximum absolute atomic E-state index is 13.0. The van der Waals surface area contributed by atoms with Crippen LogP contribution < -0.4 is 10.9 Å². The molecule has 2 aromatic carbocycles. The van der Waals surface area contributed by atoms with Crippen molar-refractivity contribution in [2.45, 2.75) is 19.6 Å². The molecule has 7 heteroatoms. The van der Waals surface area contributed by atoms with Crippen molar-refractivity contribution in [2.75, 3.05) is 13.2 Å². The minimum absolute atomic E-state index is 0.0588. The molecule has 4 rings (SSSR count). The Kier molecular flexibility index (Phi) is 6.86. The van der Waals surface area contributed by atoms with Crippen molar-refractivity contribution in [3.05, 3.63) is 88.3 Å². The van der Waals surface area contributed by atoms with Crippen LogP contribution in [-0.4, -0.2) is 28.6 Å². The van der Waals surface area contributed by atoms with E-state index in [2.05, 4.69) is 10.3 Å². The summed E-state index contributed by atoms with van der Waals surface area (Å²) in [6.45, 7) is 1.54. The van der Waals surface area contributed by atoms with Crippen molar-refractivity contribution >= 4 is 27.5 Å². The molecule has 0 aliphatic rings. The maximum Gasteiger partial charge on any atom is 0.263 e. The number of hydrogen-bond donors (Lipinski definition) is 1. The number of benzene rings is 2. The number of amides is 1. The molecule has 0 aliphatic heterocycles. The fourth-order valence-electron chi connectivity index (χ4n) is 3.29. The van der Waals surface area contributed by atoms with Gasteiger partial charge in [0.25, 0.3) is 5.56 Å². The Bertz CT molecular complexity index is 1200. The molecule has 2 heterocycles. The van der Waals surface area contributed by atoms with E-state index in [1.54, 1.807) is 0 Å². The Labute approximate surface area is 184 Å². The predicted octanol–water partition coefficient (Wildman–Crippen LogP) is 3.85. The highest BCUT2D eigenvalue weighted by atomic mass is 32.1. The van der Waals surface area contributed by atoms with Gasteiger partial charge in [-0.05, 0) is 17.5 Å². The highest BCUT2D eigenvalue weighted by molar-refractivity contribution is 7.17. The minimum atomic E-state index is -0.220. The number of thiophene rings is 1. The van der Waals surface area contributed by atoms with E-state index in [0.29, 0.717) is 36.4 Å². The maximum atomic E-state index is 13.0. The molecular weight excluding hydrogens is 410 g/mol. The molecule has 31 heavy (non-hydrogen) atoms. The van der Waals surface area contributed by atoms with E-state index in [0.717, 1.165) is 16.7 Å². The van der Waals surface area contributed by atoms with Crippen LogP contribution in [-0.2, 0) is 22.7 Å². The zero-order valence-corrected chi connectivity index (χ0v) is 17.8. The van der Waals surface area contributed by atoms with Gasteiger partial charge < -0.3 is 10.1 Å². The van der Waals surface area contributed by atoms with Crippen molar-refractivity contribution in [1.82, 2.24) is 14.9 Å². The zero-order valence-electron chi connectivity index (χ0n) is 17.0. The Morgan fingerprint density at radius 1 is 1.06 bits per heavy atom. The van der Waals surface area contributed by atoms with Gasteiger partial charge in [0.1, 0.15) is 11.4 Å². The van der Waals surface area contributed by atoms with Gasteiger partial charge in [0.05, 0.1) is 18.3 Å². The monoisotopic (exact) mass is 433 g/mol. The third-order valence-electron chi connectivity index (χ3n) is 4.86. The smallest absolute Gasteiger partial charge is 0.263 e. The lowest BCUT2D eigenvalue weighted by molar-refractivity contribution is -0.121. The van der Waals surface area contributed by atoms with E-state index < -0.39 is 0 Å². The van der Waals surface area contributed by atoms with Crippen molar-refractivity contribution in [2.24, 2.45) is 0 Å². The first-order valence-corrected chi connectivity index (χ1v) is 11.0. The van der Waals surface area contributed by atoms with E-state index >= 15 is 0 Å². The molecular formula is C24H23N3O3S. The molecule has 0 atom stereocenters. The lowest BCUT2D eigenvalue weighted by Gasteiger charge is -2.08. The number of nitrogens with one attached hydrogen (secondary N) is 1. The van der Waals surface area contributed by atoms with Crippen LogP contribution in [0.2, 0.25) is 0 Å². The van der Waals surface area contributed by atoms with Crippen LogP contribution in [0.1, 0.15) is 12.0 Å². The van der Waals surface area contributed by atoms with Gasteiger partial charge in [-0.15, -0.1) is 11.3 Å². The zero-order chi connectivity index (χ0) is 21.5. The molecule has 1 amide bonds. The fraction of sp³-hybridized carbons (Fsp3) is 0.208. The SMILES string of the molecule is O=C(Cn1cnc2scc(-c3ccccc3)c2c1=O)NCCCOCc1ccccc1. The number of carbonyl (C=O) groups is 1. The number of carbonyl (C=O) groups excluding carboxylic acids is 1. The number of aromatic nitrogens is 2. The highest BCUT2D eigenvalue weighted by Crippen LogP contribution is 2.30. The summed E-state index contributed by atoms with van der Waals surface area (Å²) < 4.78 is 6.98. The number of fused-ring (bicyclic) bond motifs is 1. The summed E-state index contributed by atoms with van der Waals surface area (Å²) in [7, 11) is 0. The average molecular weight is 434 g/mol. The molecule has 2 aromatic heterocycles. The van der Waals surface area contributed by atoms with Crippen molar-refractivity contribution in [3.8, 4) is 11.1 Å². The third-order valence-corrected chi connectivity index (χ3v) is 5.74. The fourth-order valence-corrected chi connectivity index (χ4v) is 4.19. The van der Waals surface area contributed by atoms with Crippen LogP contribution >= 0.6 is 11.3 Å². The number of ether oxygens (including phenoxy) is 1. The van der Waals surface area contributed by atoms with Gasteiger partial charge in [0.2, 0.25) is 5.91 Å². The molecule has 0 spiro atoms. The van der Waals surface area contributed by atoms with E-state index in [4.69, 9.17) is 4.74 Å². The predicted molar refractivity (Wildman–Crippen MR) is 123 cm³/mol. The van der Waals surface area contributed by atoms with Crippen LogP contribution in [0.5, 0.6) is 0 Å². The first-order chi connectivity index (χ1) is 15.2. The summed E-state index contributed by atoms with van der Waals surface area (Å²) >= 11 is 1.43. The van der Waals surface area contributed by atoms with E-state index in [-0.39, 0.29) is 18.0 Å². The lowest BCUT2D eigenvalue weighted by atomic mass is 10.1. The lowest BCUT2D eigenvalue weighted by Crippen LogP contribution is -2.33. The molecule has 0 bridgehead atoms. The van der Waals surface area contributed by atoms with E-state index in [1.807, 2.05) is 66.0 Å². The Hall–Kier alpha value is -3.29. The minimum Gasteiger partial charge on any atom is -0.377 e. The van der Waals surface area contributed by atoms with Gasteiger partial charge in [0.15, 0.2) is 0 Å². The first-order valence-electron chi connectivity index (χ1n) is 10.1. The van der Waals surface area contributed by atoms with Gasteiger partial charge in [-0.1, -0.05) is 60.7 Å². The van der Waals surface area contributed by atoms with Crippen molar-refractivity contribution < 1.29 is 9.53 Å². The quantitative estimate of drug-likeness (QED) is 0.407. The van der Waals surface area contributed by atoms with E-state index in [9.17, 15) is 9.59 Å². The molecule has 6 nitrogen and oxygen atoms in total. The average Bonchev–Trinajstić information content (AvgIpc) is 3.24. The van der Waals surface area contributed by atoms with Gasteiger partial charge in [0, 0.05) is 24.1 Å². The van der Waals surface area contributed by atoms with E-state index in [1.165, 1.54) is 22.2 Å². The van der Waals surface area contributed by atoms with Crippen LogP contribution in [0.3, 0.4) is 0 Å². The largest absolute Gasteiger partial charge is 0.377 e. The van der Waals surface area contributed by atoms with Crippen molar-refractivity contribution in [3.63, 3.8) is 0 Å². The molecule has 0 unspecified atom stereocenters. The molecule has 158 valence electrons. The third kappa shape index (κ3) is 5.25. The van der Waals surface area contributed by atoms with Crippen LogP contribution in [0.4, 0.5) is 0 Å². The summed E-state index contributed by atoms with van der Waals surface area (Å²) in [4.78, 5) is 30.4. The van der Waals surface area contributed by atoms with Gasteiger partial charge >= 0.3 is 0 Å². The van der Waals surface area contributed by atoms with Gasteiger partial charge in [-0.25, -0.2) is 4.98 Å². The second-order valence-electron chi connectivity index (χ2n) is 7.11. The summed E-state index contributed by atoms with van der Waals surface area (Å²) in [5.74, 6) is -0.220. The Balaban J connectivity index is 1.31. The highest BCUT2D eigenvalue weighted by Gasteiger charge is 2.14. The summed E-state index contributed by atoms with van der Waals surface area (Å²) in [6, 6.07) is 19.7. The molecule has 4 aromatic rings. The number of hydrogen-bond acceptors (Lipinski definition) is 5. The first kappa shape index (κ1) is 21.0. The molecule has 1 N–H and O–H groups in total.